The third-order valence-electron chi connectivity index (χ3n) is 4.22. The van der Waals surface area contributed by atoms with Gasteiger partial charge in [0.05, 0.1) is 0 Å². The number of hydrogen-bond acceptors (Lipinski definition) is 4. The number of phenolic OH excluding ortho intramolecular Hbond substituents is 1. The lowest BCUT2D eigenvalue weighted by molar-refractivity contribution is 0.151. The Morgan fingerprint density at radius 3 is 2.50 bits per heavy atom. The van der Waals surface area contributed by atoms with Gasteiger partial charge in [0.15, 0.2) is 6.23 Å². The molecule has 6 nitrogen and oxygen atoms in total. The fourth-order valence-electron chi connectivity index (χ4n) is 2.86. The molecule has 3 rings (SSSR count). The Labute approximate surface area is 157 Å². The van der Waals surface area contributed by atoms with E-state index in [9.17, 15) is 9.90 Å². The standard InChI is InChI=1S/C19H22ClN3O3/c1-14(26-18-7-5-17(24)6-8-18)21-19(25)23-11-9-22(10-12-23)16-4-2-3-15(20)13-16/h2-8,13-14,24H,9-12H2,1H3,(H,21,25). The molecule has 0 saturated carbocycles. The molecule has 2 N–H and O–H groups in total. The van der Waals surface area contributed by atoms with Crippen LogP contribution in [0, 0.1) is 0 Å². The summed E-state index contributed by atoms with van der Waals surface area (Å²) in [6.07, 6.45) is -0.474. The predicted octanol–water partition coefficient (Wildman–Crippen LogP) is 3.30. The van der Waals surface area contributed by atoms with Crippen LogP contribution in [0.3, 0.4) is 0 Å². The number of phenols is 1. The van der Waals surface area contributed by atoms with Crippen LogP contribution < -0.4 is 15.0 Å². The molecule has 2 amide bonds. The first-order chi connectivity index (χ1) is 12.5. The molecular weight excluding hydrogens is 354 g/mol. The van der Waals surface area contributed by atoms with Crippen molar-refractivity contribution in [1.82, 2.24) is 10.2 Å². The van der Waals surface area contributed by atoms with Crippen LogP contribution in [0.1, 0.15) is 6.92 Å². The van der Waals surface area contributed by atoms with Crippen molar-refractivity contribution in [2.24, 2.45) is 0 Å². The second-order valence-electron chi connectivity index (χ2n) is 6.16. The molecule has 0 radical (unpaired) electrons. The van der Waals surface area contributed by atoms with Crippen molar-refractivity contribution >= 4 is 23.3 Å². The summed E-state index contributed by atoms with van der Waals surface area (Å²) in [6, 6.07) is 14.0. The van der Waals surface area contributed by atoms with Crippen LogP contribution in [0.4, 0.5) is 10.5 Å². The molecule has 1 fully saturated rings. The number of benzene rings is 2. The summed E-state index contributed by atoms with van der Waals surface area (Å²) in [4.78, 5) is 16.4. The van der Waals surface area contributed by atoms with E-state index < -0.39 is 6.23 Å². The highest BCUT2D eigenvalue weighted by Crippen LogP contribution is 2.21. The lowest BCUT2D eigenvalue weighted by atomic mass is 10.2. The lowest BCUT2D eigenvalue weighted by Gasteiger charge is -2.36. The topological polar surface area (TPSA) is 65.0 Å². The number of carbonyl (C=O) groups excluding carboxylic acids is 1. The average molecular weight is 376 g/mol. The molecule has 2 aromatic rings. The van der Waals surface area contributed by atoms with Gasteiger partial charge in [0, 0.05) is 36.9 Å². The Morgan fingerprint density at radius 1 is 1.15 bits per heavy atom. The second kappa shape index (κ2) is 8.19. The number of carbonyl (C=O) groups is 1. The molecule has 1 unspecified atom stereocenters. The minimum absolute atomic E-state index is 0.151. The quantitative estimate of drug-likeness (QED) is 0.805. The van der Waals surface area contributed by atoms with E-state index in [0.717, 1.165) is 18.8 Å². The largest absolute Gasteiger partial charge is 0.508 e. The highest BCUT2D eigenvalue weighted by Gasteiger charge is 2.22. The first kappa shape index (κ1) is 18.2. The van der Waals surface area contributed by atoms with Crippen molar-refractivity contribution in [3.05, 3.63) is 53.6 Å². The van der Waals surface area contributed by atoms with Crippen molar-refractivity contribution in [2.45, 2.75) is 13.2 Å². The normalized spacial score (nSPS) is 15.5. The SMILES string of the molecule is CC(NC(=O)N1CCN(c2cccc(Cl)c2)CC1)Oc1ccc(O)cc1. The molecule has 0 aliphatic carbocycles. The van der Waals surface area contributed by atoms with Gasteiger partial charge in [-0.15, -0.1) is 0 Å². The Bertz CT molecular complexity index is 746. The van der Waals surface area contributed by atoms with Gasteiger partial charge in [0.2, 0.25) is 0 Å². The van der Waals surface area contributed by atoms with Gasteiger partial charge in [0.1, 0.15) is 11.5 Å². The third kappa shape index (κ3) is 4.73. The van der Waals surface area contributed by atoms with Crippen LogP contribution >= 0.6 is 11.6 Å². The van der Waals surface area contributed by atoms with E-state index in [2.05, 4.69) is 10.2 Å². The highest BCUT2D eigenvalue weighted by atomic mass is 35.5. The average Bonchev–Trinajstić information content (AvgIpc) is 2.64. The fraction of sp³-hybridized carbons (Fsp3) is 0.316. The molecule has 7 heteroatoms. The van der Waals surface area contributed by atoms with Crippen molar-refractivity contribution in [1.29, 1.82) is 0 Å². The van der Waals surface area contributed by atoms with E-state index >= 15 is 0 Å². The van der Waals surface area contributed by atoms with Crippen LogP contribution in [0.5, 0.6) is 11.5 Å². The van der Waals surface area contributed by atoms with Crippen molar-refractivity contribution in [2.75, 3.05) is 31.1 Å². The third-order valence-corrected chi connectivity index (χ3v) is 4.45. The van der Waals surface area contributed by atoms with Crippen LogP contribution in [0.2, 0.25) is 5.02 Å². The number of anilines is 1. The lowest BCUT2D eigenvalue weighted by Crippen LogP contribution is -2.53. The van der Waals surface area contributed by atoms with Crippen molar-refractivity contribution < 1.29 is 14.6 Å². The van der Waals surface area contributed by atoms with Crippen LogP contribution in [0.15, 0.2) is 48.5 Å². The number of nitrogens with one attached hydrogen (secondary N) is 1. The van der Waals surface area contributed by atoms with E-state index in [1.165, 1.54) is 0 Å². The van der Waals surface area contributed by atoms with E-state index in [0.29, 0.717) is 23.9 Å². The zero-order valence-electron chi connectivity index (χ0n) is 14.6. The number of aromatic hydroxyl groups is 1. The van der Waals surface area contributed by atoms with Gasteiger partial charge in [-0.3, -0.25) is 0 Å². The monoisotopic (exact) mass is 375 g/mol. The summed E-state index contributed by atoms with van der Waals surface area (Å²) in [6.45, 7) is 4.53. The van der Waals surface area contributed by atoms with Gasteiger partial charge in [-0.2, -0.15) is 0 Å². The number of urea groups is 1. The Kier molecular flexibility index (Phi) is 5.73. The molecule has 0 bridgehead atoms. The van der Waals surface area contributed by atoms with E-state index in [-0.39, 0.29) is 11.8 Å². The number of nitrogens with zero attached hydrogens (tertiary/aromatic N) is 2. The molecule has 1 saturated heterocycles. The smallest absolute Gasteiger partial charge is 0.320 e. The molecule has 2 aromatic carbocycles. The van der Waals surface area contributed by atoms with Gasteiger partial charge < -0.3 is 25.0 Å². The number of halogens is 1. The summed E-state index contributed by atoms with van der Waals surface area (Å²) in [7, 11) is 0. The summed E-state index contributed by atoms with van der Waals surface area (Å²) in [5.41, 5.74) is 1.07. The minimum Gasteiger partial charge on any atom is -0.508 e. The summed E-state index contributed by atoms with van der Waals surface area (Å²) < 4.78 is 5.64. The Morgan fingerprint density at radius 2 is 1.85 bits per heavy atom. The molecule has 26 heavy (non-hydrogen) atoms. The van der Waals surface area contributed by atoms with Crippen LogP contribution in [-0.4, -0.2) is 48.4 Å². The van der Waals surface area contributed by atoms with Crippen molar-refractivity contribution in [3.63, 3.8) is 0 Å². The predicted molar refractivity (Wildman–Crippen MR) is 102 cm³/mol. The second-order valence-corrected chi connectivity index (χ2v) is 6.59. The Balaban J connectivity index is 1.48. The number of amides is 2. The maximum absolute atomic E-state index is 12.4. The van der Waals surface area contributed by atoms with Gasteiger partial charge in [0.25, 0.3) is 0 Å². The number of piperazine rings is 1. The number of hydrogen-bond donors (Lipinski definition) is 2. The summed E-state index contributed by atoms with van der Waals surface area (Å²) in [5.74, 6) is 0.757. The molecule has 1 aliphatic rings. The van der Waals surface area contributed by atoms with Gasteiger partial charge >= 0.3 is 6.03 Å². The van der Waals surface area contributed by atoms with Gasteiger partial charge in [-0.1, -0.05) is 17.7 Å². The molecule has 1 aliphatic heterocycles. The molecule has 1 heterocycles. The molecule has 0 aromatic heterocycles. The fourth-order valence-corrected chi connectivity index (χ4v) is 3.05. The maximum Gasteiger partial charge on any atom is 0.320 e. The number of rotatable bonds is 4. The molecular formula is C19H22ClN3O3. The minimum atomic E-state index is -0.474. The zero-order valence-corrected chi connectivity index (χ0v) is 15.3. The van der Waals surface area contributed by atoms with Gasteiger partial charge in [-0.25, -0.2) is 4.79 Å². The molecule has 0 spiro atoms. The first-order valence-electron chi connectivity index (χ1n) is 8.53. The van der Waals surface area contributed by atoms with Crippen molar-refractivity contribution in [3.8, 4) is 11.5 Å². The summed E-state index contributed by atoms with van der Waals surface area (Å²) >= 11 is 6.05. The van der Waals surface area contributed by atoms with E-state index in [1.54, 1.807) is 36.1 Å². The Hall–Kier alpha value is -2.60. The number of ether oxygens (including phenoxy) is 1. The highest BCUT2D eigenvalue weighted by molar-refractivity contribution is 6.30. The first-order valence-corrected chi connectivity index (χ1v) is 8.91. The van der Waals surface area contributed by atoms with Crippen LogP contribution in [-0.2, 0) is 0 Å². The van der Waals surface area contributed by atoms with E-state index in [4.69, 9.17) is 16.3 Å². The zero-order chi connectivity index (χ0) is 18.5. The van der Waals surface area contributed by atoms with Crippen LogP contribution in [0.25, 0.3) is 0 Å². The molecule has 1 atom stereocenters. The van der Waals surface area contributed by atoms with E-state index in [1.807, 2.05) is 24.3 Å². The summed E-state index contributed by atoms with van der Waals surface area (Å²) in [5, 5.41) is 12.8. The molecule has 138 valence electrons. The maximum atomic E-state index is 12.4. The van der Waals surface area contributed by atoms with Gasteiger partial charge in [-0.05, 0) is 49.4 Å².